The molecule has 1 aromatic rings. The van der Waals surface area contributed by atoms with Crippen LogP contribution in [-0.2, 0) is 9.53 Å². The summed E-state index contributed by atoms with van der Waals surface area (Å²) in [5.74, 6) is 0.0991. The van der Waals surface area contributed by atoms with Crippen molar-refractivity contribution < 1.29 is 9.53 Å². The standard InChI is InChI=1S/C16H24N2O2/c1-13(14-6-4-3-5-7-14)17-15-8-10-18(11-9-15)16(19)12-20-2/h3-7,13,15,17H,8-12H2,1-2H3. The number of hydrogen-bond donors (Lipinski definition) is 1. The van der Waals surface area contributed by atoms with Crippen molar-refractivity contribution >= 4 is 5.91 Å². The fourth-order valence-corrected chi connectivity index (χ4v) is 2.70. The number of nitrogens with zero attached hydrogens (tertiary/aromatic N) is 1. The molecule has 20 heavy (non-hydrogen) atoms. The van der Waals surface area contributed by atoms with Crippen LogP contribution < -0.4 is 5.32 Å². The molecule has 1 fully saturated rings. The van der Waals surface area contributed by atoms with E-state index in [0.717, 1.165) is 25.9 Å². The van der Waals surface area contributed by atoms with Crippen molar-refractivity contribution in [3.8, 4) is 0 Å². The zero-order chi connectivity index (χ0) is 14.4. The van der Waals surface area contributed by atoms with Crippen LogP contribution in [0.2, 0.25) is 0 Å². The molecule has 0 radical (unpaired) electrons. The van der Waals surface area contributed by atoms with Gasteiger partial charge in [0.1, 0.15) is 6.61 Å². The number of nitrogens with one attached hydrogen (secondary N) is 1. The zero-order valence-electron chi connectivity index (χ0n) is 12.3. The summed E-state index contributed by atoms with van der Waals surface area (Å²) >= 11 is 0. The summed E-state index contributed by atoms with van der Waals surface area (Å²) < 4.78 is 4.90. The van der Waals surface area contributed by atoms with Gasteiger partial charge in [-0.15, -0.1) is 0 Å². The van der Waals surface area contributed by atoms with E-state index in [1.165, 1.54) is 5.56 Å². The van der Waals surface area contributed by atoms with Crippen LogP contribution in [0, 0.1) is 0 Å². The third-order valence-electron chi connectivity index (χ3n) is 3.90. The molecule has 0 aromatic heterocycles. The average Bonchev–Trinajstić information content (AvgIpc) is 2.49. The first kappa shape index (κ1) is 15.0. The molecule has 4 nitrogen and oxygen atoms in total. The fraction of sp³-hybridized carbons (Fsp3) is 0.562. The Bertz CT molecular complexity index is 414. The second-order valence-corrected chi connectivity index (χ2v) is 5.39. The summed E-state index contributed by atoms with van der Waals surface area (Å²) in [6.07, 6.45) is 2.01. The minimum atomic E-state index is 0.0991. The molecule has 1 N–H and O–H groups in total. The van der Waals surface area contributed by atoms with Crippen LogP contribution in [0.15, 0.2) is 30.3 Å². The summed E-state index contributed by atoms with van der Waals surface area (Å²) in [4.78, 5) is 13.6. The number of hydrogen-bond acceptors (Lipinski definition) is 3. The summed E-state index contributed by atoms with van der Waals surface area (Å²) in [5, 5.41) is 3.66. The molecule has 110 valence electrons. The van der Waals surface area contributed by atoms with Gasteiger partial charge in [0.25, 0.3) is 0 Å². The Morgan fingerprint density at radius 2 is 2.00 bits per heavy atom. The van der Waals surface area contributed by atoms with Crippen molar-refractivity contribution in [2.75, 3.05) is 26.8 Å². The van der Waals surface area contributed by atoms with Gasteiger partial charge in [-0.1, -0.05) is 30.3 Å². The minimum Gasteiger partial charge on any atom is -0.375 e. The summed E-state index contributed by atoms with van der Waals surface area (Å²) in [6.45, 7) is 4.03. The van der Waals surface area contributed by atoms with Crippen LogP contribution >= 0.6 is 0 Å². The van der Waals surface area contributed by atoms with Gasteiger partial charge in [-0.2, -0.15) is 0 Å². The van der Waals surface area contributed by atoms with E-state index < -0.39 is 0 Å². The molecule has 1 atom stereocenters. The molecule has 1 saturated heterocycles. The first-order valence-electron chi connectivity index (χ1n) is 7.28. The van der Waals surface area contributed by atoms with Gasteiger partial charge in [0.05, 0.1) is 0 Å². The second-order valence-electron chi connectivity index (χ2n) is 5.39. The Balaban J connectivity index is 1.78. The lowest BCUT2D eigenvalue weighted by Gasteiger charge is -2.34. The molecule has 1 aliphatic heterocycles. The largest absolute Gasteiger partial charge is 0.375 e. The molecular formula is C16H24N2O2. The number of carbonyl (C=O) groups excluding carboxylic acids is 1. The van der Waals surface area contributed by atoms with E-state index >= 15 is 0 Å². The van der Waals surface area contributed by atoms with Gasteiger partial charge in [0.2, 0.25) is 5.91 Å². The zero-order valence-corrected chi connectivity index (χ0v) is 12.3. The van der Waals surface area contributed by atoms with Gasteiger partial charge in [-0.05, 0) is 25.3 Å². The van der Waals surface area contributed by atoms with Crippen LogP contribution in [-0.4, -0.2) is 43.7 Å². The monoisotopic (exact) mass is 276 g/mol. The lowest BCUT2D eigenvalue weighted by molar-refractivity contribution is -0.136. The Morgan fingerprint density at radius 3 is 2.60 bits per heavy atom. The van der Waals surface area contributed by atoms with Crippen molar-refractivity contribution in [1.29, 1.82) is 0 Å². The SMILES string of the molecule is COCC(=O)N1CCC(NC(C)c2ccccc2)CC1. The number of methoxy groups -OCH3 is 1. The first-order chi connectivity index (χ1) is 9.70. The van der Waals surface area contributed by atoms with E-state index in [9.17, 15) is 4.79 Å². The summed E-state index contributed by atoms with van der Waals surface area (Å²) in [5.41, 5.74) is 1.31. The highest BCUT2D eigenvalue weighted by molar-refractivity contribution is 5.77. The van der Waals surface area contributed by atoms with Crippen LogP contribution in [0.3, 0.4) is 0 Å². The Kier molecular flexibility index (Phi) is 5.56. The predicted octanol–water partition coefficient (Wildman–Crippen LogP) is 1.97. The maximum absolute atomic E-state index is 11.7. The molecule has 1 heterocycles. The highest BCUT2D eigenvalue weighted by Gasteiger charge is 2.23. The normalized spacial score (nSPS) is 18.0. The van der Waals surface area contributed by atoms with Crippen LogP contribution in [0.25, 0.3) is 0 Å². The third-order valence-corrected chi connectivity index (χ3v) is 3.90. The van der Waals surface area contributed by atoms with Crippen molar-refractivity contribution in [3.63, 3.8) is 0 Å². The van der Waals surface area contributed by atoms with Crippen LogP contribution in [0.5, 0.6) is 0 Å². The Morgan fingerprint density at radius 1 is 1.35 bits per heavy atom. The van der Waals surface area contributed by atoms with Gasteiger partial charge in [-0.25, -0.2) is 0 Å². The molecule has 0 saturated carbocycles. The van der Waals surface area contributed by atoms with Gasteiger partial charge in [0, 0.05) is 32.3 Å². The van der Waals surface area contributed by atoms with Gasteiger partial charge >= 0.3 is 0 Å². The summed E-state index contributed by atoms with van der Waals surface area (Å²) in [7, 11) is 1.56. The van der Waals surface area contributed by atoms with Crippen molar-refractivity contribution in [2.45, 2.75) is 31.8 Å². The smallest absolute Gasteiger partial charge is 0.248 e. The minimum absolute atomic E-state index is 0.0991. The van der Waals surface area contributed by atoms with Crippen molar-refractivity contribution in [2.24, 2.45) is 0 Å². The van der Waals surface area contributed by atoms with Crippen molar-refractivity contribution in [3.05, 3.63) is 35.9 Å². The molecule has 2 rings (SSSR count). The van der Waals surface area contributed by atoms with Gasteiger partial charge in [-0.3, -0.25) is 4.79 Å². The van der Waals surface area contributed by atoms with Gasteiger partial charge < -0.3 is 15.0 Å². The Labute approximate surface area is 121 Å². The predicted molar refractivity (Wildman–Crippen MR) is 79.5 cm³/mol. The number of rotatable bonds is 5. The molecule has 0 bridgehead atoms. The lowest BCUT2D eigenvalue weighted by Crippen LogP contribution is -2.46. The van der Waals surface area contributed by atoms with E-state index in [1.54, 1.807) is 7.11 Å². The van der Waals surface area contributed by atoms with E-state index in [1.807, 2.05) is 11.0 Å². The van der Waals surface area contributed by atoms with E-state index in [4.69, 9.17) is 4.74 Å². The fourth-order valence-electron chi connectivity index (χ4n) is 2.70. The maximum Gasteiger partial charge on any atom is 0.248 e. The van der Waals surface area contributed by atoms with E-state index in [-0.39, 0.29) is 12.5 Å². The topological polar surface area (TPSA) is 41.6 Å². The molecule has 1 amide bonds. The van der Waals surface area contributed by atoms with Gasteiger partial charge in [0.15, 0.2) is 0 Å². The molecule has 1 unspecified atom stereocenters. The highest BCUT2D eigenvalue weighted by atomic mass is 16.5. The lowest BCUT2D eigenvalue weighted by atomic mass is 10.0. The number of ether oxygens (including phenoxy) is 1. The molecule has 0 aliphatic carbocycles. The number of carbonyl (C=O) groups is 1. The van der Waals surface area contributed by atoms with Crippen LogP contribution in [0.1, 0.15) is 31.4 Å². The first-order valence-corrected chi connectivity index (χ1v) is 7.28. The number of piperidine rings is 1. The van der Waals surface area contributed by atoms with E-state index in [2.05, 4.69) is 36.5 Å². The average molecular weight is 276 g/mol. The molecule has 0 spiro atoms. The maximum atomic E-state index is 11.7. The van der Waals surface area contributed by atoms with Crippen molar-refractivity contribution in [1.82, 2.24) is 10.2 Å². The number of amides is 1. The molecule has 1 aliphatic rings. The molecule has 4 heteroatoms. The molecular weight excluding hydrogens is 252 g/mol. The Hall–Kier alpha value is -1.39. The third kappa shape index (κ3) is 4.05. The quantitative estimate of drug-likeness (QED) is 0.894. The number of likely N-dealkylation sites (tertiary alicyclic amines) is 1. The summed E-state index contributed by atoms with van der Waals surface area (Å²) in [6, 6.07) is 11.3. The highest BCUT2D eigenvalue weighted by Crippen LogP contribution is 2.17. The van der Waals surface area contributed by atoms with E-state index in [0.29, 0.717) is 12.1 Å². The van der Waals surface area contributed by atoms with Crippen LogP contribution in [0.4, 0.5) is 0 Å². The number of benzene rings is 1. The molecule has 1 aromatic carbocycles. The second kappa shape index (κ2) is 7.41.